The normalized spacial score (nSPS) is 9.94. The summed E-state index contributed by atoms with van der Waals surface area (Å²) < 4.78 is 10.4. The van der Waals surface area contributed by atoms with E-state index in [0.717, 1.165) is 11.1 Å². The maximum atomic E-state index is 5.25. The van der Waals surface area contributed by atoms with E-state index in [0.29, 0.717) is 17.4 Å². The average Bonchev–Trinajstić information content (AvgIpc) is 2.46. The summed E-state index contributed by atoms with van der Waals surface area (Å²) >= 11 is 0. The lowest BCUT2D eigenvalue weighted by Gasteiger charge is -2.09. The van der Waals surface area contributed by atoms with Crippen molar-refractivity contribution in [3.8, 4) is 22.6 Å². The summed E-state index contributed by atoms with van der Waals surface area (Å²) in [7, 11) is 3.20. The largest absolute Gasteiger partial charge is 0.493 e. The highest BCUT2D eigenvalue weighted by Crippen LogP contribution is 2.31. The Balaban J connectivity index is 2.37. The number of benzene rings is 1. The summed E-state index contributed by atoms with van der Waals surface area (Å²) in [5.74, 6) is 6.93. The van der Waals surface area contributed by atoms with Gasteiger partial charge < -0.3 is 9.47 Å². The highest BCUT2D eigenvalue weighted by Gasteiger charge is 2.06. The zero-order valence-corrected chi connectivity index (χ0v) is 10.2. The molecular formula is C12H14N4O2. The number of anilines is 1. The van der Waals surface area contributed by atoms with Crippen molar-refractivity contribution in [2.24, 2.45) is 5.84 Å². The second-order valence-electron chi connectivity index (χ2n) is 3.51. The first-order valence-electron chi connectivity index (χ1n) is 5.29. The molecule has 0 saturated carbocycles. The van der Waals surface area contributed by atoms with E-state index in [1.807, 2.05) is 18.2 Å². The van der Waals surface area contributed by atoms with Crippen molar-refractivity contribution in [2.45, 2.75) is 0 Å². The van der Waals surface area contributed by atoms with Gasteiger partial charge in [0.15, 0.2) is 11.5 Å². The van der Waals surface area contributed by atoms with E-state index in [1.165, 1.54) is 0 Å². The first-order chi connectivity index (χ1) is 8.78. The zero-order valence-electron chi connectivity index (χ0n) is 10.2. The minimum absolute atomic E-state index is 0.374. The number of aromatic nitrogens is 2. The van der Waals surface area contributed by atoms with Crippen LogP contribution in [0.4, 0.5) is 5.95 Å². The number of nitrogen functional groups attached to an aromatic ring is 1. The van der Waals surface area contributed by atoms with Gasteiger partial charge in [0.25, 0.3) is 0 Å². The maximum absolute atomic E-state index is 5.25. The Labute approximate surface area is 105 Å². The Bertz CT molecular complexity index is 528. The summed E-state index contributed by atoms with van der Waals surface area (Å²) in [4.78, 5) is 8.10. The number of hydrazine groups is 1. The van der Waals surface area contributed by atoms with Gasteiger partial charge in [0.2, 0.25) is 5.95 Å². The number of ether oxygens (including phenoxy) is 2. The van der Waals surface area contributed by atoms with Gasteiger partial charge in [-0.15, -0.1) is 0 Å². The molecule has 0 atom stereocenters. The van der Waals surface area contributed by atoms with Gasteiger partial charge in [0, 0.05) is 18.0 Å². The van der Waals surface area contributed by atoms with Crippen molar-refractivity contribution in [1.29, 1.82) is 0 Å². The van der Waals surface area contributed by atoms with Crippen LogP contribution >= 0.6 is 0 Å². The number of rotatable bonds is 4. The summed E-state index contributed by atoms with van der Waals surface area (Å²) in [6, 6.07) is 5.62. The van der Waals surface area contributed by atoms with Crippen molar-refractivity contribution in [3.63, 3.8) is 0 Å². The van der Waals surface area contributed by atoms with Crippen LogP contribution in [0.1, 0.15) is 0 Å². The lowest BCUT2D eigenvalue weighted by atomic mass is 10.1. The summed E-state index contributed by atoms with van der Waals surface area (Å²) in [6.07, 6.45) is 3.37. The molecule has 3 N–H and O–H groups in total. The van der Waals surface area contributed by atoms with Crippen molar-refractivity contribution in [1.82, 2.24) is 9.97 Å². The van der Waals surface area contributed by atoms with Crippen LogP contribution in [0.25, 0.3) is 11.1 Å². The van der Waals surface area contributed by atoms with E-state index < -0.39 is 0 Å². The third-order valence-electron chi connectivity index (χ3n) is 2.50. The third kappa shape index (κ3) is 2.33. The Kier molecular flexibility index (Phi) is 3.59. The summed E-state index contributed by atoms with van der Waals surface area (Å²) in [5, 5.41) is 0. The van der Waals surface area contributed by atoms with Crippen molar-refractivity contribution >= 4 is 5.95 Å². The van der Waals surface area contributed by atoms with Crippen molar-refractivity contribution in [2.75, 3.05) is 19.6 Å². The fourth-order valence-corrected chi connectivity index (χ4v) is 1.57. The third-order valence-corrected chi connectivity index (χ3v) is 2.50. The zero-order chi connectivity index (χ0) is 13.0. The van der Waals surface area contributed by atoms with Crippen LogP contribution in [0.5, 0.6) is 11.5 Å². The highest BCUT2D eigenvalue weighted by molar-refractivity contribution is 5.66. The Hall–Kier alpha value is -2.34. The Morgan fingerprint density at radius 2 is 1.67 bits per heavy atom. The average molecular weight is 246 g/mol. The molecule has 0 amide bonds. The molecule has 0 unspecified atom stereocenters. The SMILES string of the molecule is COc1ccc(-c2cnc(NN)nc2)cc1OC. The summed E-state index contributed by atoms with van der Waals surface area (Å²) in [5.41, 5.74) is 4.19. The van der Waals surface area contributed by atoms with Gasteiger partial charge in [-0.3, -0.25) is 5.43 Å². The molecule has 0 saturated heterocycles. The molecule has 1 heterocycles. The van der Waals surface area contributed by atoms with Gasteiger partial charge in [-0.1, -0.05) is 6.07 Å². The molecule has 2 aromatic rings. The van der Waals surface area contributed by atoms with Crippen LogP contribution in [0.3, 0.4) is 0 Å². The quantitative estimate of drug-likeness (QED) is 0.627. The van der Waals surface area contributed by atoms with Gasteiger partial charge >= 0.3 is 0 Å². The Morgan fingerprint density at radius 1 is 1.00 bits per heavy atom. The molecular weight excluding hydrogens is 232 g/mol. The molecule has 2 rings (SSSR count). The predicted octanol–water partition coefficient (Wildman–Crippen LogP) is 1.45. The molecule has 94 valence electrons. The van der Waals surface area contributed by atoms with E-state index in [4.69, 9.17) is 15.3 Å². The minimum atomic E-state index is 0.374. The number of hydrogen-bond acceptors (Lipinski definition) is 6. The lowest BCUT2D eigenvalue weighted by Crippen LogP contribution is -2.09. The maximum Gasteiger partial charge on any atom is 0.237 e. The number of nitrogens with zero attached hydrogens (tertiary/aromatic N) is 2. The van der Waals surface area contributed by atoms with Gasteiger partial charge in [0.1, 0.15) is 0 Å². The van der Waals surface area contributed by atoms with Gasteiger partial charge in [-0.2, -0.15) is 0 Å². The lowest BCUT2D eigenvalue weighted by molar-refractivity contribution is 0.355. The molecule has 0 bridgehead atoms. The van der Waals surface area contributed by atoms with Gasteiger partial charge in [-0.25, -0.2) is 15.8 Å². The number of hydrogen-bond donors (Lipinski definition) is 2. The molecule has 0 radical (unpaired) electrons. The van der Waals surface area contributed by atoms with Gasteiger partial charge in [-0.05, 0) is 17.7 Å². The fourth-order valence-electron chi connectivity index (χ4n) is 1.57. The van der Waals surface area contributed by atoms with Crippen LogP contribution in [-0.2, 0) is 0 Å². The smallest absolute Gasteiger partial charge is 0.237 e. The second kappa shape index (κ2) is 5.33. The van der Waals surface area contributed by atoms with E-state index in [2.05, 4.69) is 15.4 Å². The topological polar surface area (TPSA) is 82.3 Å². The van der Waals surface area contributed by atoms with Gasteiger partial charge in [0.05, 0.1) is 14.2 Å². The molecule has 0 spiro atoms. The molecule has 0 aliphatic heterocycles. The molecule has 18 heavy (non-hydrogen) atoms. The molecule has 0 fully saturated rings. The van der Waals surface area contributed by atoms with Crippen LogP contribution in [-0.4, -0.2) is 24.2 Å². The first kappa shape index (κ1) is 12.1. The fraction of sp³-hybridized carbons (Fsp3) is 0.167. The molecule has 1 aromatic carbocycles. The van der Waals surface area contributed by atoms with Crippen LogP contribution in [0.15, 0.2) is 30.6 Å². The summed E-state index contributed by atoms with van der Waals surface area (Å²) in [6.45, 7) is 0. The van der Waals surface area contributed by atoms with E-state index in [1.54, 1.807) is 26.6 Å². The molecule has 0 aliphatic rings. The number of nitrogens with two attached hydrogens (primary N) is 1. The Morgan fingerprint density at radius 3 is 2.22 bits per heavy atom. The van der Waals surface area contributed by atoms with Crippen LogP contribution in [0, 0.1) is 0 Å². The molecule has 6 heteroatoms. The minimum Gasteiger partial charge on any atom is -0.493 e. The van der Waals surface area contributed by atoms with E-state index in [-0.39, 0.29) is 0 Å². The first-order valence-corrected chi connectivity index (χ1v) is 5.29. The highest BCUT2D eigenvalue weighted by atomic mass is 16.5. The monoisotopic (exact) mass is 246 g/mol. The van der Waals surface area contributed by atoms with Crippen molar-refractivity contribution < 1.29 is 9.47 Å². The predicted molar refractivity (Wildman–Crippen MR) is 68.4 cm³/mol. The standard InChI is InChI=1S/C12H14N4O2/c1-17-10-4-3-8(5-11(10)18-2)9-6-14-12(16-13)15-7-9/h3-7H,13H2,1-2H3,(H,14,15,16). The molecule has 0 aliphatic carbocycles. The van der Waals surface area contributed by atoms with E-state index in [9.17, 15) is 0 Å². The number of nitrogens with one attached hydrogen (secondary N) is 1. The van der Waals surface area contributed by atoms with Crippen LogP contribution in [0.2, 0.25) is 0 Å². The second-order valence-corrected chi connectivity index (χ2v) is 3.51. The van der Waals surface area contributed by atoms with Crippen molar-refractivity contribution in [3.05, 3.63) is 30.6 Å². The molecule has 6 nitrogen and oxygen atoms in total. The van der Waals surface area contributed by atoms with E-state index >= 15 is 0 Å². The molecule has 1 aromatic heterocycles. The van der Waals surface area contributed by atoms with Crippen LogP contribution < -0.4 is 20.7 Å². The number of methoxy groups -OCH3 is 2.